The van der Waals surface area contributed by atoms with E-state index in [4.69, 9.17) is 4.74 Å². The van der Waals surface area contributed by atoms with Crippen LogP contribution in [-0.2, 0) is 0 Å². The highest BCUT2D eigenvalue weighted by Gasteiger charge is 1.91. The average Bonchev–Trinajstić information content (AvgIpc) is 2.46. The monoisotopic (exact) mass is 254 g/mol. The molecule has 0 amide bonds. The average molecular weight is 254 g/mol. The minimum absolute atomic E-state index is 0.852. The van der Waals surface area contributed by atoms with Crippen molar-refractivity contribution in [2.45, 2.75) is 4.90 Å². The van der Waals surface area contributed by atoms with Gasteiger partial charge in [0, 0.05) is 16.0 Å². The molecule has 0 spiro atoms. The Balaban J connectivity index is 2.14. The lowest BCUT2D eigenvalue weighted by Gasteiger charge is -1.97. The fourth-order valence-corrected chi connectivity index (χ4v) is 1.90. The van der Waals surface area contributed by atoms with E-state index < -0.39 is 0 Å². The molecule has 0 N–H and O–H groups in total. The molecule has 0 aromatic heterocycles. The van der Waals surface area contributed by atoms with Crippen molar-refractivity contribution in [2.75, 3.05) is 13.4 Å². The van der Waals surface area contributed by atoms with Gasteiger partial charge in [0.15, 0.2) is 0 Å². The summed E-state index contributed by atoms with van der Waals surface area (Å²) in [5.41, 5.74) is 2.02. The largest absolute Gasteiger partial charge is 0.497 e. The van der Waals surface area contributed by atoms with Crippen molar-refractivity contribution in [3.63, 3.8) is 0 Å². The van der Waals surface area contributed by atoms with Crippen LogP contribution in [0.1, 0.15) is 11.1 Å². The van der Waals surface area contributed by atoms with Crippen LogP contribution in [0.25, 0.3) is 0 Å². The lowest BCUT2D eigenvalue weighted by Crippen LogP contribution is -1.82. The highest BCUT2D eigenvalue weighted by molar-refractivity contribution is 7.98. The van der Waals surface area contributed by atoms with Crippen molar-refractivity contribution in [1.82, 2.24) is 0 Å². The van der Waals surface area contributed by atoms with E-state index >= 15 is 0 Å². The van der Waals surface area contributed by atoms with Gasteiger partial charge in [-0.05, 0) is 54.8 Å². The van der Waals surface area contributed by atoms with Gasteiger partial charge in [-0.1, -0.05) is 11.8 Å². The Morgan fingerprint density at radius 1 is 0.833 bits per heavy atom. The van der Waals surface area contributed by atoms with Crippen LogP contribution >= 0.6 is 11.8 Å². The summed E-state index contributed by atoms with van der Waals surface area (Å²) in [6.07, 6.45) is 2.07. The van der Waals surface area contributed by atoms with E-state index in [1.807, 2.05) is 36.4 Å². The number of rotatable bonds is 2. The van der Waals surface area contributed by atoms with Gasteiger partial charge in [0.2, 0.25) is 0 Å². The van der Waals surface area contributed by atoms with Gasteiger partial charge in [-0.2, -0.15) is 0 Å². The van der Waals surface area contributed by atoms with E-state index in [2.05, 4.69) is 30.2 Å². The van der Waals surface area contributed by atoms with E-state index in [1.54, 1.807) is 18.9 Å². The summed E-state index contributed by atoms with van der Waals surface area (Å²) >= 11 is 1.73. The van der Waals surface area contributed by atoms with E-state index in [1.165, 1.54) is 4.90 Å². The molecule has 0 aliphatic rings. The topological polar surface area (TPSA) is 9.23 Å². The molecule has 0 unspecified atom stereocenters. The molecule has 0 atom stereocenters. The maximum absolute atomic E-state index is 5.11. The number of hydrogen-bond acceptors (Lipinski definition) is 2. The fraction of sp³-hybridized carbons (Fsp3) is 0.125. The smallest absolute Gasteiger partial charge is 0.118 e. The Morgan fingerprint density at radius 2 is 1.33 bits per heavy atom. The van der Waals surface area contributed by atoms with Gasteiger partial charge in [0.25, 0.3) is 0 Å². The van der Waals surface area contributed by atoms with Crippen LogP contribution in [0.3, 0.4) is 0 Å². The zero-order valence-corrected chi connectivity index (χ0v) is 11.3. The second-order valence-corrected chi connectivity index (χ2v) is 4.59. The molecule has 2 aromatic rings. The summed E-state index contributed by atoms with van der Waals surface area (Å²) < 4.78 is 5.11. The Bertz CT molecular complexity index is 507. The third kappa shape index (κ3) is 3.32. The van der Waals surface area contributed by atoms with Crippen LogP contribution in [0.2, 0.25) is 0 Å². The minimum atomic E-state index is 0.852. The SMILES string of the molecule is COc1ccc(C#Cc2ccc(SC)cc2)cc1. The van der Waals surface area contributed by atoms with Crippen molar-refractivity contribution >= 4 is 11.8 Å². The summed E-state index contributed by atoms with van der Waals surface area (Å²) in [6.45, 7) is 0. The minimum Gasteiger partial charge on any atom is -0.497 e. The number of hydrogen-bond donors (Lipinski definition) is 0. The molecule has 0 aliphatic carbocycles. The molecule has 2 rings (SSSR count). The van der Waals surface area contributed by atoms with Crippen LogP contribution in [0.15, 0.2) is 53.4 Å². The van der Waals surface area contributed by atoms with E-state index in [0.717, 1.165) is 16.9 Å². The van der Waals surface area contributed by atoms with Crippen molar-refractivity contribution in [2.24, 2.45) is 0 Å². The van der Waals surface area contributed by atoms with Crippen molar-refractivity contribution in [1.29, 1.82) is 0 Å². The van der Waals surface area contributed by atoms with Crippen LogP contribution in [-0.4, -0.2) is 13.4 Å². The second kappa shape index (κ2) is 6.18. The number of ether oxygens (including phenoxy) is 1. The number of thioether (sulfide) groups is 1. The van der Waals surface area contributed by atoms with Crippen molar-refractivity contribution < 1.29 is 4.74 Å². The Morgan fingerprint density at radius 3 is 1.78 bits per heavy atom. The first-order chi connectivity index (χ1) is 8.81. The van der Waals surface area contributed by atoms with E-state index in [0.29, 0.717) is 0 Å². The van der Waals surface area contributed by atoms with Gasteiger partial charge in [-0.25, -0.2) is 0 Å². The Kier molecular flexibility index (Phi) is 4.33. The maximum Gasteiger partial charge on any atom is 0.118 e. The highest BCUT2D eigenvalue weighted by atomic mass is 32.2. The first-order valence-electron chi connectivity index (χ1n) is 5.62. The summed E-state index contributed by atoms with van der Waals surface area (Å²) in [4.78, 5) is 1.25. The van der Waals surface area contributed by atoms with Gasteiger partial charge < -0.3 is 4.74 Å². The molecule has 0 radical (unpaired) electrons. The first-order valence-corrected chi connectivity index (χ1v) is 6.84. The molecule has 0 aliphatic heterocycles. The zero-order chi connectivity index (χ0) is 12.8. The Labute approximate surface area is 112 Å². The van der Waals surface area contributed by atoms with Crippen LogP contribution in [0.5, 0.6) is 5.75 Å². The highest BCUT2D eigenvalue weighted by Crippen LogP contribution is 2.14. The molecule has 0 bridgehead atoms. The third-order valence-corrected chi connectivity index (χ3v) is 3.27. The summed E-state index contributed by atoms with van der Waals surface area (Å²) in [7, 11) is 1.66. The Hall–Kier alpha value is -1.85. The number of methoxy groups -OCH3 is 1. The fourth-order valence-electron chi connectivity index (χ4n) is 1.49. The quantitative estimate of drug-likeness (QED) is 0.595. The zero-order valence-electron chi connectivity index (χ0n) is 10.4. The molecule has 1 nitrogen and oxygen atoms in total. The van der Waals surface area contributed by atoms with Crippen LogP contribution < -0.4 is 4.74 Å². The van der Waals surface area contributed by atoms with Crippen molar-refractivity contribution in [3.8, 4) is 17.6 Å². The molecule has 2 aromatic carbocycles. The summed E-state index contributed by atoms with van der Waals surface area (Å²) in [6, 6.07) is 16.0. The van der Waals surface area contributed by atoms with E-state index in [-0.39, 0.29) is 0 Å². The molecule has 0 saturated carbocycles. The van der Waals surface area contributed by atoms with Gasteiger partial charge in [-0.3, -0.25) is 0 Å². The van der Waals surface area contributed by atoms with Crippen molar-refractivity contribution in [3.05, 3.63) is 59.7 Å². The molecule has 90 valence electrons. The van der Waals surface area contributed by atoms with Crippen LogP contribution in [0, 0.1) is 11.8 Å². The first kappa shape index (κ1) is 12.6. The molecular weight excluding hydrogens is 240 g/mol. The van der Waals surface area contributed by atoms with E-state index in [9.17, 15) is 0 Å². The lowest BCUT2D eigenvalue weighted by atomic mass is 10.2. The third-order valence-electron chi connectivity index (χ3n) is 2.53. The second-order valence-electron chi connectivity index (χ2n) is 3.71. The maximum atomic E-state index is 5.11. The predicted octanol–water partition coefficient (Wildman–Crippen LogP) is 3.82. The van der Waals surface area contributed by atoms with Gasteiger partial charge in [0.05, 0.1) is 7.11 Å². The number of benzene rings is 2. The normalized spacial score (nSPS) is 9.44. The summed E-state index contributed by atoms with van der Waals surface area (Å²) in [5.74, 6) is 7.14. The molecular formula is C16H14OS. The van der Waals surface area contributed by atoms with Gasteiger partial charge in [-0.15, -0.1) is 11.8 Å². The molecule has 0 heterocycles. The molecule has 2 heteroatoms. The molecule has 0 saturated heterocycles. The predicted molar refractivity (Wildman–Crippen MR) is 77.2 cm³/mol. The summed E-state index contributed by atoms with van der Waals surface area (Å²) in [5, 5.41) is 0. The van der Waals surface area contributed by atoms with Gasteiger partial charge in [0.1, 0.15) is 5.75 Å². The van der Waals surface area contributed by atoms with Crippen LogP contribution in [0.4, 0.5) is 0 Å². The lowest BCUT2D eigenvalue weighted by molar-refractivity contribution is 0.415. The molecule has 0 fully saturated rings. The molecule has 18 heavy (non-hydrogen) atoms. The van der Waals surface area contributed by atoms with Gasteiger partial charge >= 0.3 is 0 Å². The standard InChI is InChI=1S/C16H14OS/c1-17-15-9-5-13(6-10-15)3-4-14-7-11-16(18-2)12-8-14/h5-12H,1-2H3.